The van der Waals surface area contributed by atoms with Crippen molar-refractivity contribution in [2.75, 3.05) is 0 Å². The maximum atomic E-state index is 11.9. The van der Waals surface area contributed by atoms with Crippen LogP contribution in [0, 0.1) is 6.92 Å². The van der Waals surface area contributed by atoms with Crippen LogP contribution in [0.15, 0.2) is 45.6 Å². The van der Waals surface area contributed by atoms with E-state index in [0.29, 0.717) is 23.7 Å². The summed E-state index contributed by atoms with van der Waals surface area (Å²) in [5, 5.41) is 7.72. The largest absolute Gasteiger partial charge is 0.339 e. The number of thiophene rings is 1. The van der Waals surface area contributed by atoms with E-state index in [1.165, 1.54) is 0 Å². The number of aromatic nitrogens is 2. The number of benzene rings is 1. The van der Waals surface area contributed by atoms with Gasteiger partial charge in [0.05, 0.1) is 0 Å². The number of nitrogens with zero attached hydrogens (tertiary/aromatic N) is 2. The minimum Gasteiger partial charge on any atom is -0.339 e. The van der Waals surface area contributed by atoms with Crippen molar-refractivity contribution in [1.82, 2.24) is 21.0 Å². The van der Waals surface area contributed by atoms with Gasteiger partial charge in [-0.2, -0.15) is 16.3 Å². The van der Waals surface area contributed by atoms with Crippen LogP contribution in [0.5, 0.6) is 0 Å². The topological polar surface area (TPSA) is 97.1 Å². The van der Waals surface area contributed by atoms with Crippen LogP contribution in [-0.2, 0) is 11.2 Å². The van der Waals surface area contributed by atoms with E-state index in [4.69, 9.17) is 4.52 Å². The van der Waals surface area contributed by atoms with Crippen molar-refractivity contribution in [3.63, 3.8) is 0 Å². The average molecular weight is 356 g/mol. The van der Waals surface area contributed by atoms with E-state index in [-0.39, 0.29) is 18.2 Å². The Morgan fingerprint density at radius 1 is 1.16 bits per heavy atom. The average Bonchev–Trinajstić information content (AvgIpc) is 3.29. The number of aryl methyl sites for hydroxylation is 2. The summed E-state index contributed by atoms with van der Waals surface area (Å²) >= 11 is 1.54. The second-order valence-electron chi connectivity index (χ2n) is 5.39. The Kier molecular flexibility index (Phi) is 5.20. The number of hydrazine groups is 1. The minimum atomic E-state index is -0.370. The zero-order valence-corrected chi connectivity index (χ0v) is 14.3. The van der Waals surface area contributed by atoms with Crippen molar-refractivity contribution in [1.29, 1.82) is 0 Å². The lowest BCUT2D eigenvalue weighted by molar-refractivity contribution is -0.121. The number of nitrogens with one attached hydrogen (secondary N) is 2. The first-order chi connectivity index (χ1) is 12.1. The lowest BCUT2D eigenvalue weighted by Gasteiger charge is -2.06. The maximum absolute atomic E-state index is 11.9. The predicted octanol–water partition coefficient (Wildman–Crippen LogP) is 2.50. The molecule has 2 heterocycles. The Hall–Kier alpha value is -3.00. The van der Waals surface area contributed by atoms with Gasteiger partial charge in [0.25, 0.3) is 5.91 Å². The van der Waals surface area contributed by atoms with Crippen molar-refractivity contribution in [3.05, 3.63) is 58.1 Å². The van der Waals surface area contributed by atoms with Gasteiger partial charge in [0, 0.05) is 29.3 Å². The summed E-state index contributed by atoms with van der Waals surface area (Å²) in [4.78, 5) is 28.0. The van der Waals surface area contributed by atoms with Crippen LogP contribution < -0.4 is 10.9 Å². The fourth-order valence-electron chi connectivity index (χ4n) is 2.05. The maximum Gasteiger partial charge on any atom is 0.269 e. The molecule has 7 nitrogen and oxygen atoms in total. The van der Waals surface area contributed by atoms with E-state index in [1.54, 1.807) is 23.5 Å². The molecule has 8 heteroatoms. The van der Waals surface area contributed by atoms with Gasteiger partial charge >= 0.3 is 0 Å². The molecule has 2 amide bonds. The summed E-state index contributed by atoms with van der Waals surface area (Å²) in [7, 11) is 0. The minimum absolute atomic E-state index is 0.124. The highest BCUT2D eigenvalue weighted by molar-refractivity contribution is 7.08. The number of amides is 2. The highest BCUT2D eigenvalue weighted by atomic mass is 32.1. The molecule has 0 saturated heterocycles. The Morgan fingerprint density at radius 3 is 2.68 bits per heavy atom. The molecule has 128 valence electrons. The van der Waals surface area contributed by atoms with Crippen LogP contribution in [0.3, 0.4) is 0 Å². The fourth-order valence-corrected chi connectivity index (χ4v) is 2.69. The van der Waals surface area contributed by atoms with Crippen LogP contribution in [-0.4, -0.2) is 22.0 Å². The van der Waals surface area contributed by atoms with E-state index < -0.39 is 0 Å². The molecular formula is C17H16N4O3S. The summed E-state index contributed by atoms with van der Waals surface area (Å²) in [6, 6.07) is 8.95. The Labute approximate surface area is 148 Å². The smallest absolute Gasteiger partial charge is 0.269 e. The van der Waals surface area contributed by atoms with Gasteiger partial charge < -0.3 is 4.52 Å². The number of rotatable bonds is 5. The molecule has 2 N–H and O–H groups in total. The second-order valence-corrected chi connectivity index (χ2v) is 6.17. The molecule has 0 aliphatic rings. The summed E-state index contributed by atoms with van der Waals surface area (Å²) in [6.07, 6.45) is 0.419. The molecule has 2 aromatic heterocycles. The van der Waals surface area contributed by atoms with Crippen LogP contribution in [0.2, 0.25) is 0 Å². The Balaban J connectivity index is 1.45. The third-order valence-electron chi connectivity index (χ3n) is 3.44. The molecule has 0 saturated carbocycles. The lowest BCUT2D eigenvalue weighted by atomic mass is 10.1. The van der Waals surface area contributed by atoms with Crippen LogP contribution >= 0.6 is 11.3 Å². The fraction of sp³-hybridized carbons (Fsp3) is 0.176. The second kappa shape index (κ2) is 7.71. The predicted molar refractivity (Wildman–Crippen MR) is 92.7 cm³/mol. The van der Waals surface area contributed by atoms with E-state index >= 15 is 0 Å². The normalized spacial score (nSPS) is 10.4. The van der Waals surface area contributed by atoms with Crippen molar-refractivity contribution in [2.24, 2.45) is 0 Å². The number of hydrogen-bond donors (Lipinski definition) is 2. The van der Waals surface area contributed by atoms with E-state index in [9.17, 15) is 9.59 Å². The monoisotopic (exact) mass is 356 g/mol. The molecule has 25 heavy (non-hydrogen) atoms. The molecule has 0 aliphatic carbocycles. The van der Waals surface area contributed by atoms with E-state index in [0.717, 1.165) is 11.1 Å². The van der Waals surface area contributed by atoms with Gasteiger partial charge in [0.2, 0.25) is 17.6 Å². The van der Waals surface area contributed by atoms with Gasteiger partial charge in [0.1, 0.15) is 0 Å². The highest BCUT2D eigenvalue weighted by Crippen LogP contribution is 2.18. The highest BCUT2D eigenvalue weighted by Gasteiger charge is 2.12. The SMILES string of the molecule is Cc1ccc(C(=O)NNC(=O)CCc2nc(-c3ccsc3)no2)cc1. The molecule has 3 aromatic rings. The summed E-state index contributed by atoms with van der Waals surface area (Å²) in [5.41, 5.74) is 7.17. The molecular weight excluding hydrogens is 340 g/mol. The number of hydrogen-bond acceptors (Lipinski definition) is 6. The van der Waals surface area contributed by atoms with Crippen LogP contribution in [0.4, 0.5) is 0 Å². The van der Waals surface area contributed by atoms with Gasteiger partial charge in [-0.05, 0) is 30.5 Å². The molecule has 3 rings (SSSR count). The third kappa shape index (κ3) is 4.51. The standard InChI is InChI=1S/C17H16N4O3S/c1-11-2-4-12(5-3-11)17(23)20-19-14(22)6-7-15-18-16(21-24-15)13-8-9-25-10-13/h2-5,8-10H,6-7H2,1H3,(H,19,22)(H,20,23). The zero-order valence-electron chi connectivity index (χ0n) is 13.5. The van der Waals surface area contributed by atoms with Crippen molar-refractivity contribution in [3.8, 4) is 11.4 Å². The van der Waals surface area contributed by atoms with Gasteiger partial charge in [-0.3, -0.25) is 20.4 Å². The molecule has 1 aromatic carbocycles. The Bertz CT molecular complexity index is 856. The summed E-state index contributed by atoms with van der Waals surface area (Å²) in [6.45, 7) is 1.94. The van der Waals surface area contributed by atoms with E-state index in [2.05, 4.69) is 21.0 Å². The molecule has 0 fully saturated rings. The Morgan fingerprint density at radius 2 is 1.96 bits per heavy atom. The van der Waals surface area contributed by atoms with Gasteiger partial charge in [0.15, 0.2) is 0 Å². The number of carbonyl (C=O) groups is 2. The summed E-state index contributed by atoms with van der Waals surface area (Å²) < 4.78 is 5.12. The molecule has 0 spiro atoms. The molecule has 0 bridgehead atoms. The zero-order chi connectivity index (χ0) is 17.6. The number of carbonyl (C=O) groups excluding carboxylic acids is 2. The molecule has 0 aliphatic heterocycles. The molecule has 0 radical (unpaired) electrons. The lowest BCUT2D eigenvalue weighted by Crippen LogP contribution is -2.41. The van der Waals surface area contributed by atoms with Crippen molar-refractivity contribution >= 4 is 23.2 Å². The summed E-state index contributed by atoms with van der Waals surface area (Å²) in [5.74, 6) is 0.173. The van der Waals surface area contributed by atoms with Crippen LogP contribution in [0.1, 0.15) is 28.2 Å². The van der Waals surface area contributed by atoms with Gasteiger partial charge in [-0.15, -0.1) is 0 Å². The first-order valence-electron chi connectivity index (χ1n) is 7.63. The van der Waals surface area contributed by atoms with Crippen LogP contribution in [0.25, 0.3) is 11.4 Å². The molecule has 0 unspecified atom stereocenters. The quantitative estimate of drug-likeness (QED) is 0.685. The van der Waals surface area contributed by atoms with Crippen molar-refractivity contribution < 1.29 is 14.1 Å². The third-order valence-corrected chi connectivity index (χ3v) is 4.13. The van der Waals surface area contributed by atoms with Gasteiger partial charge in [-0.25, -0.2) is 0 Å². The first kappa shape index (κ1) is 16.8. The van der Waals surface area contributed by atoms with Crippen molar-refractivity contribution in [2.45, 2.75) is 19.8 Å². The first-order valence-corrected chi connectivity index (χ1v) is 8.57. The molecule has 0 atom stereocenters. The van der Waals surface area contributed by atoms with E-state index in [1.807, 2.05) is 35.9 Å². The van der Waals surface area contributed by atoms with Gasteiger partial charge in [-0.1, -0.05) is 22.9 Å².